The molecule has 0 spiro atoms. The van der Waals surface area contributed by atoms with Gasteiger partial charge in [-0.25, -0.2) is 8.42 Å². The molecule has 0 fully saturated rings. The average molecular weight is 376 g/mol. The standard InChI is InChI=1S/C19H24N2O4S/c1-4-18(15-8-6-5-7-9-15)20-19(22)14-21(2)26(23,24)17-12-10-16(25-3)11-13-17/h5-13,18H,4,14H2,1-3H3,(H,20,22)/t18-/m0/s1. The van der Waals surface area contributed by atoms with Crippen LogP contribution in [0.15, 0.2) is 59.5 Å². The van der Waals surface area contributed by atoms with Gasteiger partial charge in [0, 0.05) is 7.05 Å². The lowest BCUT2D eigenvalue weighted by Gasteiger charge is -2.21. The molecule has 0 unspecified atom stereocenters. The Hall–Kier alpha value is -2.38. The van der Waals surface area contributed by atoms with Gasteiger partial charge in [0.25, 0.3) is 0 Å². The first kappa shape index (κ1) is 19.9. The molecule has 0 heterocycles. The third-order valence-electron chi connectivity index (χ3n) is 4.08. The maximum absolute atomic E-state index is 12.6. The number of likely N-dealkylation sites (N-methyl/N-ethyl adjacent to an activating group) is 1. The highest BCUT2D eigenvalue weighted by Gasteiger charge is 2.24. The number of sulfonamides is 1. The second-order valence-electron chi connectivity index (χ2n) is 5.88. The summed E-state index contributed by atoms with van der Waals surface area (Å²) in [4.78, 5) is 12.5. The van der Waals surface area contributed by atoms with E-state index in [4.69, 9.17) is 4.74 Å². The van der Waals surface area contributed by atoms with Crippen LogP contribution in [0.2, 0.25) is 0 Å². The van der Waals surface area contributed by atoms with Gasteiger partial charge in [0.15, 0.2) is 0 Å². The van der Waals surface area contributed by atoms with Gasteiger partial charge in [-0.3, -0.25) is 4.79 Å². The number of nitrogens with zero attached hydrogens (tertiary/aromatic N) is 1. The van der Waals surface area contributed by atoms with Crippen LogP contribution in [0.1, 0.15) is 24.9 Å². The van der Waals surface area contributed by atoms with Crippen LogP contribution in [0.3, 0.4) is 0 Å². The summed E-state index contributed by atoms with van der Waals surface area (Å²) < 4.78 is 31.3. The summed E-state index contributed by atoms with van der Waals surface area (Å²) in [6, 6.07) is 15.5. The third kappa shape index (κ3) is 4.83. The Labute approximate surface area is 154 Å². The Balaban J connectivity index is 2.05. The summed E-state index contributed by atoms with van der Waals surface area (Å²) in [5.41, 5.74) is 0.990. The molecule has 0 radical (unpaired) electrons. The highest BCUT2D eigenvalue weighted by molar-refractivity contribution is 7.89. The van der Waals surface area contributed by atoms with Gasteiger partial charge in [0.05, 0.1) is 24.6 Å². The van der Waals surface area contributed by atoms with Crippen molar-refractivity contribution in [2.24, 2.45) is 0 Å². The summed E-state index contributed by atoms with van der Waals surface area (Å²) in [6.07, 6.45) is 0.713. The van der Waals surface area contributed by atoms with Crippen molar-refractivity contribution in [3.05, 3.63) is 60.2 Å². The predicted octanol–water partition coefficient (Wildman–Crippen LogP) is 2.58. The minimum absolute atomic E-state index is 0.115. The number of nitrogens with one attached hydrogen (secondary N) is 1. The molecule has 0 aliphatic rings. The van der Waals surface area contributed by atoms with Crippen molar-refractivity contribution in [2.45, 2.75) is 24.3 Å². The molecule has 140 valence electrons. The van der Waals surface area contributed by atoms with E-state index in [-0.39, 0.29) is 23.4 Å². The molecule has 1 amide bonds. The summed E-state index contributed by atoms with van der Waals surface area (Å²) >= 11 is 0. The molecule has 1 atom stereocenters. The molecule has 7 heteroatoms. The van der Waals surface area contributed by atoms with Crippen molar-refractivity contribution in [1.82, 2.24) is 9.62 Å². The number of hydrogen-bond acceptors (Lipinski definition) is 4. The van der Waals surface area contributed by atoms with Gasteiger partial charge in [-0.05, 0) is 36.2 Å². The van der Waals surface area contributed by atoms with Crippen molar-refractivity contribution in [2.75, 3.05) is 20.7 Å². The van der Waals surface area contributed by atoms with Crippen molar-refractivity contribution in [3.63, 3.8) is 0 Å². The number of carbonyl (C=O) groups is 1. The molecule has 2 aromatic carbocycles. The Morgan fingerprint density at radius 3 is 2.27 bits per heavy atom. The third-order valence-corrected chi connectivity index (χ3v) is 5.90. The van der Waals surface area contributed by atoms with Crippen LogP contribution in [-0.2, 0) is 14.8 Å². The fraction of sp³-hybridized carbons (Fsp3) is 0.316. The van der Waals surface area contributed by atoms with Crippen molar-refractivity contribution >= 4 is 15.9 Å². The van der Waals surface area contributed by atoms with Crippen molar-refractivity contribution < 1.29 is 17.9 Å². The molecule has 0 aromatic heterocycles. The van der Waals surface area contributed by atoms with E-state index in [1.165, 1.54) is 26.3 Å². The zero-order valence-corrected chi connectivity index (χ0v) is 16.0. The largest absolute Gasteiger partial charge is 0.497 e. The number of rotatable bonds is 8. The second kappa shape index (κ2) is 8.82. The monoisotopic (exact) mass is 376 g/mol. The molecule has 26 heavy (non-hydrogen) atoms. The van der Waals surface area contributed by atoms with Gasteiger partial charge in [-0.15, -0.1) is 0 Å². The van der Waals surface area contributed by atoms with Crippen molar-refractivity contribution in [3.8, 4) is 5.75 Å². The van der Waals surface area contributed by atoms with Gasteiger partial charge >= 0.3 is 0 Å². The number of ether oxygens (including phenoxy) is 1. The molecule has 0 saturated carbocycles. The van der Waals surface area contributed by atoms with E-state index in [0.717, 1.165) is 9.87 Å². The molecule has 0 bridgehead atoms. The average Bonchev–Trinajstić information content (AvgIpc) is 2.66. The molecule has 0 aliphatic carbocycles. The lowest BCUT2D eigenvalue weighted by atomic mass is 10.0. The first-order valence-electron chi connectivity index (χ1n) is 8.33. The van der Waals surface area contributed by atoms with E-state index in [2.05, 4.69) is 5.32 Å². The molecular weight excluding hydrogens is 352 g/mol. The smallest absolute Gasteiger partial charge is 0.243 e. The van der Waals surface area contributed by atoms with E-state index in [1.807, 2.05) is 37.3 Å². The first-order chi connectivity index (χ1) is 12.4. The molecule has 2 aromatic rings. The van der Waals surface area contributed by atoms with Gasteiger partial charge in [0.1, 0.15) is 5.75 Å². The summed E-state index contributed by atoms with van der Waals surface area (Å²) in [5.74, 6) is 0.221. The molecule has 0 aliphatic heterocycles. The van der Waals surface area contributed by atoms with E-state index >= 15 is 0 Å². The molecule has 0 saturated heterocycles. The van der Waals surface area contributed by atoms with Crippen LogP contribution in [0.25, 0.3) is 0 Å². The van der Waals surface area contributed by atoms with E-state index in [0.29, 0.717) is 12.2 Å². The molecule has 6 nitrogen and oxygen atoms in total. The minimum atomic E-state index is -3.75. The van der Waals surface area contributed by atoms with Crippen LogP contribution >= 0.6 is 0 Å². The number of methoxy groups -OCH3 is 1. The summed E-state index contributed by atoms with van der Waals surface area (Å²) in [5, 5.41) is 2.89. The fourth-order valence-electron chi connectivity index (χ4n) is 2.56. The van der Waals surface area contributed by atoms with Crippen LogP contribution in [0.4, 0.5) is 0 Å². The zero-order valence-electron chi connectivity index (χ0n) is 15.2. The van der Waals surface area contributed by atoms with Gasteiger partial charge < -0.3 is 10.1 Å². The van der Waals surface area contributed by atoms with E-state index < -0.39 is 10.0 Å². The van der Waals surface area contributed by atoms with Crippen LogP contribution in [-0.4, -0.2) is 39.3 Å². The summed E-state index contributed by atoms with van der Waals surface area (Å²) in [6.45, 7) is 1.72. The maximum Gasteiger partial charge on any atom is 0.243 e. The number of amides is 1. The quantitative estimate of drug-likeness (QED) is 0.768. The Bertz CT molecular complexity index is 820. The zero-order chi connectivity index (χ0) is 19.2. The van der Waals surface area contributed by atoms with Gasteiger partial charge in [-0.1, -0.05) is 37.3 Å². The number of hydrogen-bond donors (Lipinski definition) is 1. The van der Waals surface area contributed by atoms with Gasteiger partial charge in [0.2, 0.25) is 15.9 Å². The summed E-state index contributed by atoms with van der Waals surface area (Å²) in [7, 11) is -0.847. The van der Waals surface area contributed by atoms with Crippen LogP contribution < -0.4 is 10.1 Å². The Morgan fingerprint density at radius 2 is 1.73 bits per heavy atom. The highest BCUT2D eigenvalue weighted by atomic mass is 32.2. The normalized spacial score (nSPS) is 12.6. The van der Waals surface area contributed by atoms with Crippen LogP contribution in [0, 0.1) is 0 Å². The second-order valence-corrected chi connectivity index (χ2v) is 7.92. The Kier molecular flexibility index (Phi) is 6.76. The number of benzene rings is 2. The molecule has 1 N–H and O–H groups in total. The number of carbonyl (C=O) groups excluding carboxylic acids is 1. The SMILES string of the molecule is CC[C@H](NC(=O)CN(C)S(=O)(=O)c1ccc(OC)cc1)c1ccccc1. The minimum Gasteiger partial charge on any atom is -0.497 e. The molecular formula is C19H24N2O4S. The van der Waals surface area contributed by atoms with Crippen LogP contribution in [0.5, 0.6) is 5.75 Å². The highest BCUT2D eigenvalue weighted by Crippen LogP contribution is 2.19. The first-order valence-corrected chi connectivity index (χ1v) is 9.77. The van der Waals surface area contributed by atoms with Crippen molar-refractivity contribution in [1.29, 1.82) is 0 Å². The fourth-order valence-corrected chi connectivity index (χ4v) is 3.69. The topological polar surface area (TPSA) is 75.7 Å². The lowest BCUT2D eigenvalue weighted by Crippen LogP contribution is -2.39. The Morgan fingerprint density at radius 1 is 1.12 bits per heavy atom. The predicted molar refractivity (Wildman–Crippen MR) is 100 cm³/mol. The lowest BCUT2D eigenvalue weighted by molar-refractivity contribution is -0.121. The van der Waals surface area contributed by atoms with Gasteiger partial charge in [-0.2, -0.15) is 4.31 Å². The van der Waals surface area contributed by atoms with E-state index in [1.54, 1.807) is 12.1 Å². The van der Waals surface area contributed by atoms with E-state index in [9.17, 15) is 13.2 Å². The molecule has 2 rings (SSSR count). The maximum atomic E-state index is 12.6.